The SMILES string of the molecule is C=CN(C(=O)c1cccc(NC)c1C)C1CCC(=O)NC1=O. The molecule has 1 aliphatic rings. The van der Waals surface area contributed by atoms with Crippen LogP contribution in [0, 0.1) is 6.92 Å². The van der Waals surface area contributed by atoms with Crippen molar-refractivity contribution >= 4 is 23.4 Å². The zero-order chi connectivity index (χ0) is 16.3. The summed E-state index contributed by atoms with van der Waals surface area (Å²) >= 11 is 0. The molecule has 0 bridgehead atoms. The normalized spacial score (nSPS) is 17.6. The molecule has 0 spiro atoms. The molecule has 0 radical (unpaired) electrons. The van der Waals surface area contributed by atoms with Gasteiger partial charge < -0.3 is 10.2 Å². The van der Waals surface area contributed by atoms with Crippen molar-refractivity contribution in [1.82, 2.24) is 10.2 Å². The highest BCUT2D eigenvalue weighted by molar-refractivity contribution is 6.04. The number of hydrogen-bond donors (Lipinski definition) is 2. The van der Waals surface area contributed by atoms with E-state index in [9.17, 15) is 14.4 Å². The highest BCUT2D eigenvalue weighted by atomic mass is 16.2. The molecule has 1 aromatic carbocycles. The second-order valence-corrected chi connectivity index (χ2v) is 5.09. The number of carbonyl (C=O) groups is 3. The smallest absolute Gasteiger partial charge is 0.258 e. The molecule has 1 saturated heterocycles. The molecule has 0 saturated carbocycles. The molecule has 6 nitrogen and oxygen atoms in total. The Morgan fingerprint density at radius 3 is 2.77 bits per heavy atom. The fourth-order valence-electron chi connectivity index (χ4n) is 2.58. The van der Waals surface area contributed by atoms with Gasteiger partial charge in [-0.3, -0.25) is 19.7 Å². The van der Waals surface area contributed by atoms with E-state index in [0.717, 1.165) is 11.3 Å². The van der Waals surface area contributed by atoms with Crippen molar-refractivity contribution in [2.75, 3.05) is 12.4 Å². The van der Waals surface area contributed by atoms with Gasteiger partial charge in [0.25, 0.3) is 5.91 Å². The Balaban J connectivity index is 2.32. The number of nitrogens with one attached hydrogen (secondary N) is 2. The van der Waals surface area contributed by atoms with Gasteiger partial charge in [0.2, 0.25) is 11.8 Å². The predicted octanol–water partition coefficient (Wildman–Crippen LogP) is 1.43. The molecule has 6 heteroatoms. The molecule has 22 heavy (non-hydrogen) atoms. The summed E-state index contributed by atoms with van der Waals surface area (Å²) in [6, 6.07) is 4.65. The van der Waals surface area contributed by atoms with Crippen LogP contribution in [-0.4, -0.2) is 35.7 Å². The maximum absolute atomic E-state index is 12.8. The highest BCUT2D eigenvalue weighted by Gasteiger charge is 2.34. The number of rotatable bonds is 4. The third-order valence-corrected chi connectivity index (χ3v) is 3.81. The number of piperidine rings is 1. The lowest BCUT2D eigenvalue weighted by Crippen LogP contribution is -2.52. The standard InChI is InChI=1S/C16H19N3O3/c1-4-19(13-8-9-14(20)18-15(13)21)16(22)11-6-5-7-12(17-3)10(11)2/h4-7,13,17H,1,8-9H2,2-3H3,(H,18,20,21). The van der Waals surface area contributed by atoms with Gasteiger partial charge in [-0.25, -0.2) is 0 Å². The van der Waals surface area contributed by atoms with Crippen molar-refractivity contribution in [3.63, 3.8) is 0 Å². The number of carbonyl (C=O) groups excluding carboxylic acids is 3. The predicted molar refractivity (Wildman–Crippen MR) is 83.3 cm³/mol. The Kier molecular flexibility index (Phi) is 4.60. The summed E-state index contributed by atoms with van der Waals surface area (Å²) in [5.41, 5.74) is 2.14. The third kappa shape index (κ3) is 2.86. The molecule has 1 atom stereocenters. The van der Waals surface area contributed by atoms with Gasteiger partial charge in [0.1, 0.15) is 6.04 Å². The zero-order valence-electron chi connectivity index (χ0n) is 12.7. The fraction of sp³-hybridized carbons (Fsp3) is 0.312. The van der Waals surface area contributed by atoms with E-state index in [1.165, 1.54) is 11.1 Å². The third-order valence-electron chi connectivity index (χ3n) is 3.81. The van der Waals surface area contributed by atoms with E-state index in [2.05, 4.69) is 17.2 Å². The molecule has 1 aromatic rings. The lowest BCUT2D eigenvalue weighted by molar-refractivity contribution is -0.136. The van der Waals surface area contributed by atoms with E-state index in [4.69, 9.17) is 0 Å². The second kappa shape index (κ2) is 6.43. The Morgan fingerprint density at radius 2 is 2.18 bits per heavy atom. The van der Waals surface area contributed by atoms with Gasteiger partial charge in [0.05, 0.1) is 0 Å². The van der Waals surface area contributed by atoms with E-state index >= 15 is 0 Å². The van der Waals surface area contributed by atoms with E-state index < -0.39 is 11.9 Å². The molecule has 2 N–H and O–H groups in total. The Hall–Kier alpha value is -2.63. The Bertz CT molecular complexity index is 640. The van der Waals surface area contributed by atoms with Gasteiger partial charge in [-0.05, 0) is 31.0 Å². The number of nitrogens with zero attached hydrogens (tertiary/aromatic N) is 1. The summed E-state index contributed by atoms with van der Waals surface area (Å²) in [6.45, 7) is 5.47. The van der Waals surface area contributed by atoms with Crippen LogP contribution in [-0.2, 0) is 9.59 Å². The molecule has 1 unspecified atom stereocenters. The molecule has 1 fully saturated rings. The van der Waals surface area contributed by atoms with Crippen LogP contribution >= 0.6 is 0 Å². The summed E-state index contributed by atoms with van der Waals surface area (Å²) in [6.07, 6.45) is 1.85. The molecule has 3 amide bonds. The summed E-state index contributed by atoms with van der Waals surface area (Å²) in [7, 11) is 1.78. The van der Waals surface area contributed by atoms with Crippen molar-refractivity contribution in [3.8, 4) is 0 Å². The van der Waals surface area contributed by atoms with Crippen molar-refractivity contribution < 1.29 is 14.4 Å². The monoisotopic (exact) mass is 301 g/mol. The Morgan fingerprint density at radius 1 is 1.45 bits per heavy atom. The number of hydrogen-bond acceptors (Lipinski definition) is 4. The summed E-state index contributed by atoms with van der Waals surface area (Å²) < 4.78 is 0. The van der Waals surface area contributed by atoms with Crippen LogP contribution < -0.4 is 10.6 Å². The van der Waals surface area contributed by atoms with Crippen molar-refractivity contribution in [1.29, 1.82) is 0 Å². The molecular weight excluding hydrogens is 282 g/mol. The molecule has 1 heterocycles. The average molecular weight is 301 g/mol. The molecule has 116 valence electrons. The molecule has 0 aromatic heterocycles. The van der Waals surface area contributed by atoms with Crippen LogP contribution in [0.5, 0.6) is 0 Å². The largest absolute Gasteiger partial charge is 0.388 e. The van der Waals surface area contributed by atoms with Crippen molar-refractivity contribution in [3.05, 3.63) is 42.1 Å². The highest BCUT2D eigenvalue weighted by Crippen LogP contribution is 2.22. The number of imide groups is 1. The van der Waals surface area contributed by atoms with Crippen LogP contribution in [0.4, 0.5) is 5.69 Å². The van der Waals surface area contributed by atoms with Crippen LogP contribution in [0.15, 0.2) is 31.0 Å². The quantitative estimate of drug-likeness (QED) is 0.825. The fourth-order valence-corrected chi connectivity index (χ4v) is 2.58. The van der Waals surface area contributed by atoms with Crippen molar-refractivity contribution in [2.45, 2.75) is 25.8 Å². The van der Waals surface area contributed by atoms with Gasteiger partial charge in [0, 0.05) is 30.9 Å². The molecule has 1 aliphatic heterocycles. The van der Waals surface area contributed by atoms with Gasteiger partial charge in [-0.1, -0.05) is 12.6 Å². The minimum atomic E-state index is -0.708. The number of amides is 3. The maximum Gasteiger partial charge on any atom is 0.258 e. The lowest BCUT2D eigenvalue weighted by Gasteiger charge is -2.30. The van der Waals surface area contributed by atoms with Crippen LogP contribution in [0.2, 0.25) is 0 Å². The topological polar surface area (TPSA) is 78.5 Å². The zero-order valence-corrected chi connectivity index (χ0v) is 12.7. The summed E-state index contributed by atoms with van der Waals surface area (Å²) in [5.74, 6) is -1.09. The Labute approximate surface area is 129 Å². The summed E-state index contributed by atoms with van der Waals surface area (Å²) in [5, 5.41) is 5.28. The van der Waals surface area contributed by atoms with Crippen LogP contribution in [0.3, 0.4) is 0 Å². The first-order valence-electron chi connectivity index (χ1n) is 7.06. The minimum absolute atomic E-state index is 0.212. The van der Waals surface area contributed by atoms with Crippen LogP contribution in [0.25, 0.3) is 0 Å². The van der Waals surface area contributed by atoms with E-state index in [0.29, 0.717) is 12.0 Å². The second-order valence-electron chi connectivity index (χ2n) is 5.09. The van der Waals surface area contributed by atoms with Gasteiger partial charge in [-0.2, -0.15) is 0 Å². The van der Waals surface area contributed by atoms with Gasteiger partial charge in [0.15, 0.2) is 0 Å². The van der Waals surface area contributed by atoms with E-state index in [1.54, 1.807) is 19.2 Å². The molecule has 0 aliphatic carbocycles. The number of anilines is 1. The van der Waals surface area contributed by atoms with Gasteiger partial charge >= 0.3 is 0 Å². The first kappa shape index (κ1) is 15.8. The molecular formula is C16H19N3O3. The van der Waals surface area contributed by atoms with E-state index in [1.807, 2.05) is 13.0 Å². The summed E-state index contributed by atoms with van der Waals surface area (Å²) in [4.78, 5) is 37.2. The van der Waals surface area contributed by atoms with Gasteiger partial charge in [-0.15, -0.1) is 0 Å². The van der Waals surface area contributed by atoms with Crippen LogP contribution in [0.1, 0.15) is 28.8 Å². The number of benzene rings is 1. The minimum Gasteiger partial charge on any atom is -0.388 e. The first-order valence-corrected chi connectivity index (χ1v) is 7.06. The average Bonchev–Trinajstić information content (AvgIpc) is 2.50. The maximum atomic E-state index is 12.8. The lowest BCUT2D eigenvalue weighted by atomic mass is 10.0. The first-order chi connectivity index (χ1) is 10.5. The van der Waals surface area contributed by atoms with Crippen molar-refractivity contribution in [2.24, 2.45) is 0 Å². The van der Waals surface area contributed by atoms with E-state index in [-0.39, 0.29) is 18.2 Å². The molecule has 2 rings (SSSR count).